The van der Waals surface area contributed by atoms with Gasteiger partial charge < -0.3 is 10.1 Å². The van der Waals surface area contributed by atoms with E-state index in [9.17, 15) is 18.0 Å². The lowest BCUT2D eigenvalue weighted by molar-refractivity contribution is -0.122. The maximum atomic E-state index is 12.8. The number of rotatable bonds is 4. The predicted molar refractivity (Wildman–Crippen MR) is 113 cm³/mol. The van der Waals surface area contributed by atoms with Gasteiger partial charge in [0.1, 0.15) is 5.75 Å². The number of aryl methyl sites for hydroxylation is 1. The molecule has 8 nitrogen and oxygen atoms in total. The van der Waals surface area contributed by atoms with Crippen LogP contribution < -0.4 is 19.2 Å². The molecule has 0 unspecified atom stereocenters. The van der Waals surface area contributed by atoms with Gasteiger partial charge in [-0.15, -0.1) is 0 Å². The number of nitrogens with one attached hydrogen (secondary N) is 1. The van der Waals surface area contributed by atoms with E-state index in [-0.39, 0.29) is 11.4 Å². The molecular weight excluding hydrogens is 414 g/mol. The van der Waals surface area contributed by atoms with Gasteiger partial charge in [0.05, 0.1) is 28.7 Å². The molecule has 4 rings (SSSR count). The van der Waals surface area contributed by atoms with Crippen molar-refractivity contribution in [3.05, 3.63) is 52.1 Å². The number of hydrogen-bond acceptors (Lipinski definition) is 6. The van der Waals surface area contributed by atoms with Crippen molar-refractivity contribution in [2.45, 2.75) is 19.6 Å². The smallest absolute Gasteiger partial charge is 0.308 e. The summed E-state index contributed by atoms with van der Waals surface area (Å²) in [5, 5.41) is 2.76. The third-order valence-electron chi connectivity index (χ3n) is 4.68. The van der Waals surface area contributed by atoms with Gasteiger partial charge in [-0.05, 0) is 37.3 Å². The van der Waals surface area contributed by atoms with Gasteiger partial charge >= 0.3 is 4.87 Å². The lowest BCUT2D eigenvalue weighted by Crippen LogP contribution is -2.48. The lowest BCUT2D eigenvalue weighted by Gasteiger charge is -2.33. The first-order valence-corrected chi connectivity index (χ1v) is 11.6. The van der Waals surface area contributed by atoms with Crippen LogP contribution in [0.5, 0.6) is 5.75 Å². The summed E-state index contributed by atoms with van der Waals surface area (Å²) in [5.74, 6) is -0.132. The SMILES string of the molecule is CCn1c(=O)sc2cc(NC(=O)[C@@H]3CN(S(C)(=O)=O)c4ccccc4O3)ccc21. The fraction of sp³-hybridized carbons (Fsp3) is 0.263. The number of fused-ring (bicyclic) bond motifs is 2. The summed E-state index contributed by atoms with van der Waals surface area (Å²) in [4.78, 5) is 24.7. The highest BCUT2D eigenvalue weighted by Gasteiger charge is 2.34. The van der Waals surface area contributed by atoms with Crippen molar-refractivity contribution in [1.29, 1.82) is 0 Å². The van der Waals surface area contributed by atoms with Gasteiger partial charge in [0.25, 0.3) is 5.91 Å². The van der Waals surface area contributed by atoms with Crippen LogP contribution in [0.15, 0.2) is 47.3 Å². The summed E-state index contributed by atoms with van der Waals surface area (Å²) in [6.07, 6.45) is 0.0902. The van der Waals surface area contributed by atoms with Crippen LogP contribution in [0.4, 0.5) is 11.4 Å². The monoisotopic (exact) mass is 433 g/mol. The molecule has 152 valence electrons. The van der Waals surface area contributed by atoms with Crippen LogP contribution in [0.2, 0.25) is 0 Å². The third-order valence-corrected chi connectivity index (χ3v) is 6.77. The van der Waals surface area contributed by atoms with E-state index in [0.717, 1.165) is 27.8 Å². The van der Waals surface area contributed by atoms with Gasteiger partial charge in [0.15, 0.2) is 6.10 Å². The number of ether oxygens (including phenoxy) is 1. The largest absolute Gasteiger partial charge is 0.476 e. The average molecular weight is 434 g/mol. The number of aromatic nitrogens is 1. The molecule has 1 aliphatic rings. The Morgan fingerprint density at radius 3 is 2.76 bits per heavy atom. The van der Waals surface area contributed by atoms with Gasteiger partial charge in [-0.3, -0.25) is 18.5 Å². The molecule has 0 saturated carbocycles. The maximum Gasteiger partial charge on any atom is 0.308 e. The fourth-order valence-electron chi connectivity index (χ4n) is 3.32. The Labute approximate surface area is 171 Å². The van der Waals surface area contributed by atoms with Crippen LogP contribution in [0.1, 0.15) is 6.92 Å². The molecule has 1 N–H and O–H groups in total. The van der Waals surface area contributed by atoms with Gasteiger partial charge in [0.2, 0.25) is 10.0 Å². The Hall–Kier alpha value is -2.85. The first kappa shape index (κ1) is 19.5. The molecule has 29 heavy (non-hydrogen) atoms. The normalized spacial score (nSPS) is 16.3. The number of nitrogens with zero attached hydrogens (tertiary/aromatic N) is 2. The number of thiazole rings is 1. The molecule has 0 radical (unpaired) electrons. The number of hydrogen-bond donors (Lipinski definition) is 1. The Balaban J connectivity index is 1.60. The molecule has 0 saturated heterocycles. The standard InChI is InChI=1S/C19H19N3O5S2/c1-3-21-14-9-8-12(10-17(14)28-19(21)24)20-18(23)16-11-22(29(2,25)26)13-6-4-5-7-15(13)27-16/h4-10,16H,3,11H2,1-2H3,(H,20,23)/t16-/m0/s1. The number of para-hydroxylation sites is 2. The van der Waals surface area contributed by atoms with Crippen LogP contribution >= 0.6 is 11.3 Å². The Morgan fingerprint density at radius 1 is 1.28 bits per heavy atom. The van der Waals surface area contributed by atoms with Crippen LogP contribution in [0.25, 0.3) is 10.2 Å². The van der Waals surface area contributed by atoms with Gasteiger partial charge in [0, 0.05) is 12.2 Å². The number of sulfonamides is 1. The topological polar surface area (TPSA) is 97.7 Å². The van der Waals surface area contributed by atoms with Crippen molar-refractivity contribution in [2.24, 2.45) is 0 Å². The molecule has 1 atom stereocenters. The zero-order valence-corrected chi connectivity index (χ0v) is 17.4. The molecule has 1 aromatic heterocycles. The summed E-state index contributed by atoms with van der Waals surface area (Å²) in [6, 6.07) is 11.9. The van der Waals surface area contributed by atoms with E-state index in [4.69, 9.17) is 4.74 Å². The molecule has 2 heterocycles. The van der Waals surface area contributed by atoms with E-state index < -0.39 is 22.0 Å². The molecule has 1 aliphatic heterocycles. The highest BCUT2D eigenvalue weighted by Crippen LogP contribution is 2.35. The quantitative estimate of drug-likeness (QED) is 0.681. The van der Waals surface area contributed by atoms with E-state index in [2.05, 4.69) is 5.32 Å². The van der Waals surface area contributed by atoms with E-state index in [0.29, 0.717) is 23.7 Å². The van der Waals surface area contributed by atoms with E-state index in [1.54, 1.807) is 47.0 Å². The zero-order chi connectivity index (χ0) is 20.8. The Morgan fingerprint density at radius 2 is 2.03 bits per heavy atom. The molecule has 0 aliphatic carbocycles. The molecule has 0 spiro atoms. The number of carbonyl (C=O) groups is 1. The number of anilines is 2. The molecule has 0 bridgehead atoms. The predicted octanol–water partition coefficient (Wildman–Crippen LogP) is 2.25. The molecule has 3 aromatic rings. The minimum atomic E-state index is -3.57. The minimum Gasteiger partial charge on any atom is -0.476 e. The van der Waals surface area contributed by atoms with Gasteiger partial charge in [-0.1, -0.05) is 23.5 Å². The average Bonchev–Trinajstić information content (AvgIpc) is 3.00. The number of amides is 1. The lowest BCUT2D eigenvalue weighted by atomic mass is 10.2. The molecule has 10 heteroatoms. The second kappa shape index (κ2) is 7.20. The van der Waals surface area contributed by atoms with Crippen LogP contribution in [0, 0.1) is 0 Å². The van der Waals surface area contributed by atoms with E-state index in [1.807, 2.05) is 6.92 Å². The van der Waals surface area contributed by atoms with Crippen molar-refractivity contribution in [3.63, 3.8) is 0 Å². The Bertz CT molecular complexity index is 1260. The summed E-state index contributed by atoms with van der Waals surface area (Å²) < 4.78 is 33.7. The zero-order valence-electron chi connectivity index (χ0n) is 15.8. The highest BCUT2D eigenvalue weighted by atomic mass is 32.2. The second-order valence-corrected chi connectivity index (χ2v) is 9.55. The molecular formula is C19H19N3O5S2. The van der Waals surface area contributed by atoms with Crippen molar-refractivity contribution in [3.8, 4) is 5.75 Å². The first-order chi connectivity index (χ1) is 13.8. The van der Waals surface area contributed by atoms with Crippen LogP contribution in [-0.4, -0.2) is 37.8 Å². The summed E-state index contributed by atoms with van der Waals surface area (Å²) >= 11 is 1.11. The summed E-state index contributed by atoms with van der Waals surface area (Å²) in [6.45, 7) is 2.35. The third kappa shape index (κ3) is 3.60. The maximum absolute atomic E-state index is 12.8. The Kier molecular flexibility index (Phi) is 4.83. The minimum absolute atomic E-state index is 0.0537. The summed E-state index contributed by atoms with van der Waals surface area (Å²) in [5.41, 5.74) is 1.73. The van der Waals surface area contributed by atoms with E-state index >= 15 is 0 Å². The number of benzene rings is 2. The molecule has 1 amide bonds. The molecule has 2 aromatic carbocycles. The summed E-state index contributed by atoms with van der Waals surface area (Å²) in [7, 11) is -3.57. The first-order valence-electron chi connectivity index (χ1n) is 8.95. The highest BCUT2D eigenvalue weighted by molar-refractivity contribution is 7.92. The second-order valence-electron chi connectivity index (χ2n) is 6.65. The van der Waals surface area contributed by atoms with Crippen LogP contribution in [0.3, 0.4) is 0 Å². The molecule has 0 fully saturated rings. The fourth-order valence-corrected chi connectivity index (χ4v) is 5.23. The van der Waals surface area contributed by atoms with Crippen LogP contribution in [-0.2, 0) is 21.4 Å². The van der Waals surface area contributed by atoms with E-state index in [1.165, 1.54) is 4.31 Å². The van der Waals surface area contributed by atoms with Gasteiger partial charge in [-0.25, -0.2) is 8.42 Å². The van der Waals surface area contributed by atoms with Crippen molar-refractivity contribution < 1.29 is 17.9 Å². The van der Waals surface area contributed by atoms with Gasteiger partial charge in [-0.2, -0.15) is 0 Å². The van der Waals surface area contributed by atoms with Crippen molar-refractivity contribution in [1.82, 2.24) is 4.57 Å². The number of carbonyl (C=O) groups excluding carboxylic acids is 1. The van der Waals surface area contributed by atoms with Crippen molar-refractivity contribution >= 4 is 48.9 Å². The van der Waals surface area contributed by atoms with Crippen molar-refractivity contribution in [2.75, 3.05) is 22.4 Å².